The number of carbonyl (C=O) groups excluding carboxylic acids is 8. The van der Waals surface area contributed by atoms with E-state index in [9.17, 15) is 48.3 Å². The number of aryl methyl sites for hydroxylation is 9. The van der Waals surface area contributed by atoms with E-state index in [4.69, 9.17) is 49.5 Å². The van der Waals surface area contributed by atoms with Gasteiger partial charge in [-0.2, -0.15) is 10.2 Å². The zero-order valence-corrected chi connectivity index (χ0v) is 72.2. The molecule has 29 heteroatoms. The van der Waals surface area contributed by atoms with Crippen LogP contribution in [0, 0.1) is 77.0 Å². The average Bonchev–Trinajstić information content (AvgIpc) is 1.72. The van der Waals surface area contributed by atoms with Crippen molar-refractivity contribution in [2.24, 2.45) is 49.6 Å². The number of carboxylic acids is 1. The second-order valence-electron chi connectivity index (χ2n) is 32.3. The molecular weight excluding hydrogens is 1600 g/mol. The number of carbonyl (C=O) groups is 9. The fraction of sp³-hybridized carbons (Fsp3) is 0.389. The molecule has 119 heavy (non-hydrogen) atoms. The molecule has 0 radical (unpaired) electrons. The minimum atomic E-state index is -1.47. The minimum absolute atomic E-state index is 0.0486. The standard InChI is InChI=1S/C90H98ClN7O18S3/c1-52-32-58(20-21-63-42-96(85(106)111-66-18-16-15-17-19-66)47-71(63)78(101)74-30-31-75(91)119-74)33-53(2)80(52)115-89(9,10)83(104)109-50-117-69-26-24-62(25-27-69)77(100)73-49-98(87(108)113-68-41-93-95(14)46-68)44-65(73)39-60-36-56(5)81(57(6)37-60)116-90(11,12)84(105)110-51-118-70-28-22-61(23-29-70)76(99)72-48-97(86(107)112-67-40-92-94(13)45-67)43-64(72)38-59-34-54(3)79(55(4)35-59)114-88(7,8)82(102)103/h15-19,22-37,40-41,45-46,63-65,71-73H,20-21,38-39,42-44,47-51H2,1-14H3,(H,102,103)/t63-,64+,65-,71-,72+,73-/m1/s1. The van der Waals surface area contributed by atoms with Gasteiger partial charge in [0.05, 0.1) is 34.0 Å². The molecule has 25 nitrogen and oxygen atoms in total. The summed E-state index contributed by atoms with van der Waals surface area (Å²) < 4.78 is 51.1. The molecular formula is C90H98ClN7O18S3. The molecule has 3 saturated heterocycles. The number of para-hydroxylation sites is 1. The van der Waals surface area contributed by atoms with E-state index in [1.54, 1.807) is 149 Å². The van der Waals surface area contributed by atoms with Crippen LogP contribution in [0.4, 0.5) is 14.4 Å². The predicted molar refractivity (Wildman–Crippen MR) is 451 cm³/mol. The SMILES string of the molecule is Cc1cc(C[C@H]2CN(C(=O)Oc3cnn(C)c3)C[C@@H]2C(=O)c2ccc(SCOC(=O)C(C)(C)Oc3c(C)cc(C[C@@H]4CN(C(=O)Oc5cnn(C)c5)C[C@H]4C(=O)c4ccc(SCOC(=O)C(C)(C)Oc5c(C)cc(CC[C@@H]6CN(C(=O)Oc7ccccc7)C[C@H]6C(=O)c6ccc(Cl)s6)cc5C)cc4)cc3C)cc2)cc(C)c1OC(C)(C)C(=O)O. The lowest BCUT2D eigenvalue weighted by atomic mass is 9.84. The molecule has 3 aromatic heterocycles. The number of thioether (sulfide) groups is 2. The van der Waals surface area contributed by atoms with Crippen LogP contribution in [0.1, 0.15) is 128 Å². The maximum atomic E-state index is 14.8. The molecule has 626 valence electrons. The van der Waals surface area contributed by atoms with Crippen LogP contribution in [0.2, 0.25) is 4.34 Å². The largest absolute Gasteiger partial charge is 0.478 e. The molecule has 6 aromatic carbocycles. The van der Waals surface area contributed by atoms with Gasteiger partial charge in [-0.15, -0.1) is 11.3 Å². The van der Waals surface area contributed by atoms with Gasteiger partial charge in [-0.25, -0.2) is 28.8 Å². The lowest BCUT2D eigenvalue weighted by molar-refractivity contribution is -0.157. The van der Waals surface area contributed by atoms with E-state index in [1.807, 2.05) is 84.0 Å². The van der Waals surface area contributed by atoms with Crippen LogP contribution in [0.25, 0.3) is 0 Å². The van der Waals surface area contributed by atoms with Crippen LogP contribution in [-0.4, -0.2) is 161 Å². The second-order valence-corrected chi connectivity index (χ2v) is 36.0. The molecule has 0 aliphatic carbocycles. The molecule has 3 amide bonds. The number of hydrogen-bond acceptors (Lipinski definition) is 22. The number of carboxylic acid groups (broad SMARTS) is 1. The predicted octanol–water partition coefficient (Wildman–Crippen LogP) is 16.8. The zero-order valence-electron chi connectivity index (χ0n) is 69.0. The van der Waals surface area contributed by atoms with Gasteiger partial charge in [-0.05, 0) is 225 Å². The number of rotatable bonds is 31. The summed E-state index contributed by atoms with van der Waals surface area (Å²) in [6.45, 7) is 22.0. The molecule has 12 rings (SSSR count). The quantitative estimate of drug-likeness (QED) is 0.0183. The molecule has 0 saturated carbocycles. The smallest absolute Gasteiger partial charge is 0.415 e. The first kappa shape index (κ1) is 87.4. The Morgan fingerprint density at radius 3 is 1.20 bits per heavy atom. The van der Waals surface area contributed by atoms with E-state index in [1.165, 1.54) is 75.4 Å². The Hall–Kier alpha value is -10.9. The molecule has 0 bridgehead atoms. The first-order valence-electron chi connectivity index (χ1n) is 39.2. The number of aliphatic carboxylic acids is 1. The number of esters is 2. The van der Waals surface area contributed by atoms with Crippen LogP contribution in [-0.2, 0) is 57.2 Å². The highest BCUT2D eigenvalue weighted by atomic mass is 35.5. The van der Waals surface area contributed by atoms with Crippen LogP contribution >= 0.6 is 46.5 Å². The number of thiophene rings is 1. The summed E-state index contributed by atoms with van der Waals surface area (Å²) in [6, 6.07) is 38.1. The van der Waals surface area contributed by atoms with Crippen molar-refractivity contribution in [3.63, 3.8) is 0 Å². The lowest BCUT2D eigenvalue weighted by Crippen LogP contribution is -2.40. The van der Waals surface area contributed by atoms with Gasteiger partial charge in [0.2, 0.25) is 0 Å². The van der Waals surface area contributed by atoms with E-state index in [0.29, 0.717) is 75.6 Å². The Kier molecular flexibility index (Phi) is 27.3. The van der Waals surface area contributed by atoms with Crippen molar-refractivity contribution in [2.45, 2.75) is 135 Å². The number of hydrogen-bond donors (Lipinski definition) is 1. The summed E-state index contributed by atoms with van der Waals surface area (Å²) in [7, 11) is 3.42. The summed E-state index contributed by atoms with van der Waals surface area (Å²) in [6.07, 6.45) is 6.36. The van der Waals surface area contributed by atoms with Crippen molar-refractivity contribution >= 4 is 100.0 Å². The number of nitrogens with zero attached hydrogens (tertiary/aromatic N) is 7. The summed E-state index contributed by atoms with van der Waals surface area (Å²) in [5.41, 5.74) is 3.91. The number of benzene rings is 6. The van der Waals surface area contributed by atoms with Crippen molar-refractivity contribution in [1.82, 2.24) is 34.3 Å². The number of Topliss-reactive ketones (excluding diaryl/α,β-unsaturated/α-hetero) is 3. The summed E-state index contributed by atoms with van der Waals surface area (Å²) >= 11 is 10.00. The lowest BCUT2D eigenvalue weighted by Gasteiger charge is -2.27. The molecule has 1 N–H and O–H groups in total. The maximum absolute atomic E-state index is 14.8. The average molecular weight is 1700 g/mol. The topological polar surface area (TPSA) is 293 Å². The normalized spacial score (nSPS) is 17.4. The van der Waals surface area contributed by atoms with Crippen molar-refractivity contribution in [3.05, 3.63) is 223 Å². The molecule has 6 heterocycles. The fourth-order valence-corrected chi connectivity index (χ4v) is 17.8. The van der Waals surface area contributed by atoms with E-state index in [-0.39, 0.29) is 91.2 Å². The van der Waals surface area contributed by atoms with Crippen LogP contribution < -0.4 is 28.4 Å². The van der Waals surface area contributed by atoms with E-state index in [2.05, 4.69) is 10.2 Å². The van der Waals surface area contributed by atoms with Crippen molar-refractivity contribution in [3.8, 4) is 34.5 Å². The maximum Gasteiger partial charge on any atom is 0.415 e. The molecule has 3 aliphatic heterocycles. The molecule has 3 fully saturated rings. The molecule has 9 aromatic rings. The number of halogens is 1. The fourth-order valence-electron chi connectivity index (χ4n) is 15.5. The summed E-state index contributed by atoms with van der Waals surface area (Å²) in [4.78, 5) is 130. The van der Waals surface area contributed by atoms with Gasteiger partial charge in [0.1, 0.15) is 34.9 Å². The Morgan fingerprint density at radius 1 is 0.462 bits per heavy atom. The number of aromatic nitrogens is 4. The van der Waals surface area contributed by atoms with Gasteiger partial charge in [-0.1, -0.05) is 114 Å². The van der Waals surface area contributed by atoms with Gasteiger partial charge < -0.3 is 57.7 Å². The minimum Gasteiger partial charge on any atom is -0.478 e. The molecule has 6 atom stereocenters. The first-order chi connectivity index (χ1) is 56.4. The Labute approximate surface area is 709 Å². The number of ketones is 3. The number of ether oxygens (including phenoxy) is 8. The highest BCUT2D eigenvalue weighted by Crippen LogP contribution is 2.41. The monoisotopic (exact) mass is 1700 g/mol. The van der Waals surface area contributed by atoms with Crippen molar-refractivity contribution in [2.75, 3.05) is 51.1 Å². The zero-order chi connectivity index (χ0) is 85.5. The highest BCUT2D eigenvalue weighted by molar-refractivity contribution is 7.99. The van der Waals surface area contributed by atoms with E-state index in [0.717, 1.165) is 59.9 Å². The molecule has 0 spiro atoms. The second kappa shape index (κ2) is 37.1. The van der Waals surface area contributed by atoms with Gasteiger partial charge in [0.15, 0.2) is 45.7 Å². The van der Waals surface area contributed by atoms with Gasteiger partial charge in [0.25, 0.3) is 0 Å². The third-order valence-corrected chi connectivity index (χ3v) is 24.6. The Bertz CT molecular complexity index is 5220. The van der Waals surface area contributed by atoms with Crippen molar-refractivity contribution < 1.29 is 86.2 Å². The van der Waals surface area contributed by atoms with Crippen LogP contribution in [0.3, 0.4) is 0 Å². The van der Waals surface area contributed by atoms with Crippen LogP contribution in [0.15, 0.2) is 162 Å². The van der Waals surface area contributed by atoms with E-state index < -0.39 is 70.7 Å². The summed E-state index contributed by atoms with van der Waals surface area (Å²) in [5, 5.41) is 18.0. The first-order valence-corrected chi connectivity index (χ1v) is 42.3. The van der Waals surface area contributed by atoms with Gasteiger partial charge >= 0.3 is 36.2 Å². The third-order valence-electron chi connectivity index (χ3n) is 21.7. The highest BCUT2D eigenvalue weighted by Gasteiger charge is 2.45. The number of likely N-dealkylation sites (tertiary alicyclic amines) is 3. The van der Waals surface area contributed by atoms with E-state index >= 15 is 0 Å². The molecule has 3 aliphatic rings. The third kappa shape index (κ3) is 21.6. The number of amides is 3. The molecule has 0 unspecified atom stereocenters. The van der Waals surface area contributed by atoms with Gasteiger partial charge in [0, 0.05) is 92.0 Å². The summed E-state index contributed by atoms with van der Waals surface area (Å²) in [5.74, 6) is -2.87. The Morgan fingerprint density at radius 2 is 0.832 bits per heavy atom. The van der Waals surface area contributed by atoms with Crippen molar-refractivity contribution in [1.29, 1.82) is 0 Å². The van der Waals surface area contributed by atoms with Gasteiger partial charge in [-0.3, -0.25) is 23.7 Å². The van der Waals surface area contributed by atoms with Crippen LogP contribution in [0.5, 0.6) is 34.5 Å². The Balaban J connectivity index is 0.634.